The molecule has 3 nitrogen and oxygen atoms in total. The van der Waals surface area contributed by atoms with Crippen LogP contribution in [0.25, 0.3) is 0 Å². The SMILES string of the molecule is COC[C@H]1CNC[C@@H]1c1ccc(C(F)(F)F)cc1N1CCCC(C)CC1. The molecule has 3 rings (SSSR count). The number of halogens is 3. The Morgan fingerprint density at radius 2 is 2.00 bits per heavy atom. The maximum atomic E-state index is 13.3. The molecule has 0 amide bonds. The summed E-state index contributed by atoms with van der Waals surface area (Å²) in [6.45, 7) is 6.13. The molecule has 0 aromatic heterocycles. The molecule has 0 bridgehead atoms. The van der Waals surface area contributed by atoms with E-state index in [1.54, 1.807) is 13.2 Å². The van der Waals surface area contributed by atoms with E-state index in [9.17, 15) is 13.2 Å². The van der Waals surface area contributed by atoms with Gasteiger partial charge in [0.05, 0.1) is 12.2 Å². The van der Waals surface area contributed by atoms with Crippen LogP contribution in [0.3, 0.4) is 0 Å². The fraction of sp³-hybridized carbons (Fsp3) is 0.700. The summed E-state index contributed by atoms with van der Waals surface area (Å²) in [5.74, 6) is 1.11. The first kappa shape index (κ1) is 19.5. The van der Waals surface area contributed by atoms with E-state index in [-0.39, 0.29) is 5.92 Å². The van der Waals surface area contributed by atoms with Crippen molar-refractivity contribution in [2.45, 2.75) is 38.3 Å². The van der Waals surface area contributed by atoms with E-state index in [0.29, 0.717) is 18.4 Å². The minimum Gasteiger partial charge on any atom is -0.384 e. The van der Waals surface area contributed by atoms with Crippen LogP contribution in [0.1, 0.15) is 43.2 Å². The normalized spacial score (nSPS) is 27.6. The van der Waals surface area contributed by atoms with Crippen molar-refractivity contribution in [3.63, 3.8) is 0 Å². The Labute approximate surface area is 153 Å². The summed E-state index contributed by atoms with van der Waals surface area (Å²) in [6, 6.07) is 4.31. The van der Waals surface area contributed by atoms with Crippen molar-refractivity contribution in [2.75, 3.05) is 44.8 Å². The van der Waals surface area contributed by atoms with Gasteiger partial charge in [-0.1, -0.05) is 13.0 Å². The molecule has 26 heavy (non-hydrogen) atoms. The Kier molecular flexibility index (Phi) is 6.13. The lowest BCUT2D eigenvalue weighted by atomic mass is 9.87. The summed E-state index contributed by atoms with van der Waals surface area (Å²) in [5.41, 5.74) is 1.24. The van der Waals surface area contributed by atoms with Gasteiger partial charge < -0.3 is 15.0 Å². The summed E-state index contributed by atoms with van der Waals surface area (Å²) < 4.78 is 45.3. The number of ether oxygens (including phenoxy) is 1. The number of alkyl halides is 3. The standard InChI is InChI=1S/C20H29F3N2O/c1-14-4-3-8-25(9-7-14)19-10-16(20(21,22)23)5-6-17(19)18-12-24-11-15(18)13-26-2/h5-6,10,14-15,18,24H,3-4,7-9,11-13H2,1-2H3/t14?,15-,18+/m1/s1. The molecule has 1 N–H and O–H groups in total. The minimum absolute atomic E-state index is 0.188. The van der Waals surface area contributed by atoms with E-state index in [2.05, 4.69) is 17.1 Å². The molecule has 1 aromatic rings. The molecule has 6 heteroatoms. The molecular formula is C20H29F3N2O. The largest absolute Gasteiger partial charge is 0.416 e. The molecule has 0 saturated carbocycles. The number of rotatable bonds is 4. The molecule has 0 spiro atoms. The smallest absolute Gasteiger partial charge is 0.384 e. The van der Waals surface area contributed by atoms with Crippen LogP contribution in [-0.4, -0.2) is 39.9 Å². The van der Waals surface area contributed by atoms with Gasteiger partial charge in [-0.3, -0.25) is 0 Å². The first-order valence-electron chi connectivity index (χ1n) is 9.56. The first-order valence-corrected chi connectivity index (χ1v) is 9.56. The van der Waals surface area contributed by atoms with Crippen molar-refractivity contribution in [1.29, 1.82) is 0 Å². The van der Waals surface area contributed by atoms with Crippen molar-refractivity contribution in [2.24, 2.45) is 11.8 Å². The third-order valence-electron chi connectivity index (χ3n) is 5.84. The predicted octanol–water partition coefficient (Wildman–Crippen LogP) is 4.28. The second-order valence-corrected chi connectivity index (χ2v) is 7.77. The monoisotopic (exact) mass is 370 g/mol. The molecule has 2 fully saturated rings. The summed E-state index contributed by atoms with van der Waals surface area (Å²) in [7, 11) is 1.68. The minimum atomic E-state index is -4.31. The average Bonchev–Trinajstić information content (AvgIpc) is 2.94. The Morgan fingerprint density at radius 3 is 2.73 bits per heavy atom. The van der Waals surface area contributed by atoms with Crippen molar-refractivity contribution in [3.05, 3.63) is 29.3 Å². The van der Waals surface area contributed by atoms with Crippen molar-refractivity contribution in [3.8, 4) is 0 Å². The summed E-state index contributed by atoms with van der Waals surface area (Å²) in [5, 5.41) is 3.38. The number of anilines is 1. The lowest BCUT2D eigenvalue weighted by Crippen LogP contribution is -2.28. The van der Waals surface area contributed by atoms with E-state index < -0.39 is 11.7 Å². The van der Waals surface area contributed by atoms with Crippen LogP contribution in [0.2, 0.25) is 0 Å². The quantitative estimate of drug-likeness (QED) is 0.856. The maximum Gasteiger partial charge on any atom is 0.416 e. The van der Waals surface area contributed by atoms with E-state index in [1.807, 2.05) is 0 Å². The average molecular weight is 370 g/mol. The van der Waals surface area contributed by atoms with Crippen LogP contribution in [0, 0.1) is 11.8 Å². The molecule has 0 aliphatic carbocycles. The van der Waals surface area contributed by atoms with Gasteiger partial charge in [0, 0.05) is 50.8 Å². The third-order valence-corrected chi connectivity index (χ3v) is 5.84. The molecule has 2 aliphatic rings. The van der Waals surface area contributed by atoms with E-state index in [4.69, 9.17) is 4.74 Å². The summed E-state index contributed by atoms with van der Waals surface area (Å²) in [4.78, 5) is 2.18. The molecule has 3 atom stereocenters. The van der Waals surface area contributed by atoms with Crippen LogP contribution >= 0.6 is 0 Å². The Bertz CT molecular complexity index is 605. The highest BCUT2D eigenvalue weighted by molar-refractivity contribution is 5.58. The van der Waals surface area contributed by atoms with Gasteiger partial charge in [0.15, 0.2) is 0 Å². The van der Waals surface area contributed by atoms with Gasteiger partial charge in [-0.15, -0.1) is 0 Å². The summed E-state index contributed by atoms with van der Waals surface area (Å²) in [6.07, 6.45) is -1.12. The Morgan fingerprint density at radius 1 is 1.19 bits per heavy atom. The highest BCUT2D eigenvalue weighted by atomic mass is 19.4. The van der Waals surface area contributed by atoms with Gasteiger partial charge in [-0.25, -0.2) is 0 Å². The Hall–Kier alpha value is -1.27. The second-order valence-electron chi connectivity index (χ2n) is 7.77. The van der Waals surface area contributed by atoms with Gasteiger partial charge in [0.2, 0.25) is 0 Å². The molecular weight excluding hydrogens is 341 g/mol. The van der Waals surface area contributed by atoms with Crippen LogP contribution in [0.5, 0.6) is 0 Å². The lowest BCUT2D eigenvalue weighted by molar-refractivity contribution is -0.137. The maximum absolute atomic E-state index is 13.3. The molecule has 2 saturated heterocycles. The van der Waals surface area contributed by atoms with Crippen molar-refractivity contribution >= 4 is 5.69 Å². The highest BCUT2D eigenvalue weighted by Crippen LogP contribution is 2.40. The van der Waals surface area contributed by atoms with Gasteiger partial charge in [-0.2, -0.15) is 13.2 Å². The molecule has 2 aliphatic heterocycles. The number of nitrogens with zero attached hydrogens (tertiary/aromatic N) is 1. The molecule has 146 valence electrons. The molecule has 1 aromatic carbocycles. The van der Waals surface area contributed by atoms with Gasteiger partial charge in [0.1, 0.15) is 0 Å². The highest BCUT2D eigenvalue weighted by Gasteiger charge is 2.35. The fourth-order valence-corrected chi connectivity index (χ4v) is 4.30. The number of nitrogens with one attached hydrogen (secondary N) is 1. The van der Waals surface area contributed by atoms with Gasteiger partial charge in [-0.05, 0) is 42.9 Å². The lowest BCUT2D eigenvalue weighted by Gasteiger charge is -2.30. The molecule has 1 unspecified atom stereocenters. The predicted molar refractivity (Wildman–Crippen MR) is 97.6 cm³/mol. The fourth-order valence-electron chi connectivity index (χ4n) is 4.30. The van der Waals surface area contributed by atoms with E-state index >= 15 is 0 Å². The molecule has 2 heterocycles. The third kappa shape index (κ3) is 4.34. The Balaban J connectivity index is 1.97. The van der Waals surface area contributed by atoms with Gasteiger partial charge in [0.25, 0.3) is 0 Å². The van der Waals surface area contributed by atoms with Crippen LogP contribution in [0.15, 0.2) is 18.2 Å². The zero-order valence-corrected chi connectivity index (χ0v) is 15.6. The molecule has 0 radical (unpaired) electrons. The van der Waals surface area contributed by atoms with Crippen LogP contribution < -0.4 is 10.2 Å². The van der Waals surface area contributed by atoms with Crippen LogP contribution in [-0.2, 0) is 10.9 Å². The number of benzene rings is 1. The first-order chi connectivity index (χ1) is 12.4. The van der Waals surface area contributed by atoms with Crippen molar-refractivity contribution < 1.29 is 17.9 Å². The van der Waals surface area contributed by atoms with Crippen LogP contribution in [0.4, 0.5) is 18.9 Å². The topological polar surface area (TPSA) is 24.5 Å². The van der Waals surface area contributed by atoms with E-state index in [0.717, 1.165) is 56.7 Å². The number of methoxy groups -OCH3 is 1. The van der Waals surface area contributed by atoms with E-state index in [1.165, 1.54) is 12.1 Å². The summed E-state index contributed by atoms with van der Waals surface area (Å²) >= 11 is 0. The van der Waals surface area contributed by atoms with Crippen molar-refractivity contribution in [1.82, 2.24) is 5.32 Å². The number of hydrogen-bond donors (Lipinski definition) is 1. The zero-order valence-electron chi connectivity index (χ0n) is 15.6. The zero-order chi connectivity index (χ0) is 18.7. The second kappa shape index (κ2) is 8.17. The van der Waals surface area contributed by atoms with Gasteiger partial charge >= 0.3 is 6.18 Å². The number of hydrogen-bond acceptors (Lipinski definition) is 3.